The van der Waals surface area contributed by atoms with Crippen molar-refractivity contribution in [1.29, 1.82) is 0 Å². The van der Waals surface area contributed by atoms with E-state index in [1.165, 1.54) is 19.3 Å². The minimum absolute atomic E-state index is 0.0810. The summed E-state index contributed by atoms with van der Waals surface area (Å²) in [4.78, 5) is 12.4. The Bertz CT molecular complexity index is 305. The first-order chi connectivity index (χ1) is 9.16. The topological polar surface area (TPSA) is 75.4 Å². The van der Waals surface area contributed by atoms with Crippen molar-refractivity contribution in [3.8, 4) is 0 Å². The fourth-order valence-corrected chi connectivity index (χ4v) is 3.72. The van der Waals surface area contributed by atoms with Crippen LogP contribution in [-0.4, -0.2) is 30.7 Å². The average Bonchev–Trinajstić information content (AvgIpc) is 2.96. The molecule has 0 aromatic carbocycles. The smallest absolute Gasteiger partial charge is 0.227 e. The molecule has 0 atom stereocenters. The van der Waals surface area contributed by atoms with E-state index in [-0.39, 0.29) is 23.3 Å². The summed E-state index contributed by atoms with van der Waals surface area (Å²) in [6.45, 7) is 1.25. The van der Waals surface area contributed by atoms with E-state index in [0.29, 0.717) is 13.1 Å². The van der Waals surface area contributed by atoms with Crippen molar-refractivity contribution < 1.29 is 9.90 Å². The molecule has 4 nitrogen and oxygen atoms in total. The van der Waals surface area contributed by atoms with Gasteiger partial charge in [0, 0.05) is 18.5 Å². The Balaban J connectivity index is 1.91. The normalized spacial score (nSPS) is 25.2. The molecule has 0 aromatic rings. The maximum absolute atomic E-state index is 12.4. The zero-order valence-electron chi connectivity index (χ0n) is 11.9. The molecule has 2 fully saturated rings. The summed E-state index contributed by atoms with van der Waals surface area (Å²) >= 11 is 0. The molecule has 0 radical (unpaired) electrons. The van der Waals surface area contributed by atoms with Gasteiger partial charge in [-0.05, 0) is 25.7 Å². The van der Waals surface area contributed by atoms with Gasteiger partial charge in [-0.3, -0.25) is 4.79 Å². The Labute approximate surface area is 116 Å². The second-order valence-corrected chi connectivity index (χ2v) is 6.59. The molecule has 0 heterocycles. The van der Waals surface area contributed by atoms with Crippen LogP contribution in [0.25, 0.3) is 0 Å². The lowest BCUT2D eigenvalue weighted by Gasteiger charge is -2.37. The fraction of sp³-hybridized carbons (Fsp3) is 0.933. The van der Waals surface area contributed by atoms with Crippen molar-refractivity contribution in [3.05, 3.63) is 0 Å². The molecule has 0 aliphatic heterocycles. The predicted molar refractivity (Wildman–Crippen MR) is 75.6 cm³/mol. The van der Waals surface area contributed by atoms with Crippen LogP contribution >= 0.6 is 0 Å². The summed E-state index contributed by atoms with van der Waals surface area (Å²) in [5.74, 6) is 0.117. The van der Waals surface area contributed by atoms with Gasteiger partial charge in [-0.25, -0.2) is 0 Å². The van der Waals surface area contributed by atoms with Crippen LogP contribution in [0.4, 0.5) is 0 Å². The molecule has 0 saturated heterocycles. The summed E-state index contributed by atoms with van der Waals surface area (Å²) in [5.41, 5.74) is 5.42. The number of amides is 1. The van der Waals surface area contributed by atoms with Gasteiger partial charge in [0.15, 0.2) is 0 Å². The summed E-state index contributed by atoms with van der Waals surface area (Å²) in [5, 5.41) is 12.8. The SMILES string of the molecule is NCC1(C(=O)NCC2(CO)CCCCC2)CCCC1. The van der Waals surface area contributed by atoms with E-state index >= 15 is 0 Å². The lowest BCUT2D eigenvalue weighted by molar-refractivity contribution is -0.131. The highest BCUT2D eigenvalue weighted by Crippen LogP contribution is 2.39. The van der Waals surface area contributed by atoms with E-state index in [0.717, 1.165) is 38.5 Å². The lowest BCUT2D eigenvalue weighted by Crippen LogP contribution is -2.49. The number of hydrogen-bond donors (Lipinski definition) is 3. The minimum atomic E-state index is -0.328. The monoisotopic (exact) mass is 268 g/mol. The van der Waals surface area contributed by atoms with E-state index in [9.17, 15) is 9.90 Å². The molecule has 2 rings (SSSR count). The van der Waals surface area contributed by atoms with Crippen LogP contribution in [0.1, 0.15) is 57.8 Å². The van der Waals surface area contributed by atoms with Crippen LogP contribution in [0, 0.1) is 10.8 Å². The van der Waals surface area contributed by atoms with Gasteiger partial charge < -0.3 is 16.2 Å². The molecule has 0 spiro atoms. The Morgan fingerprint density at radius 3 is 2.16 bits per heavy atom. The first-order valence-corrected chi connectivity index (χ1v) is 7.76. The van der Waals surface area contributed by atoms with Crippen LogP contribution in [0.5, 0.6) is 0 Å². The van der Waals surface area contributed by atoms with Crippen molar-refractivity contribution in [2.24, 2.45) is 16.6 Å². The highest BCUT2D eigenvalue weighted by Gasteiger charge is 2.41. The Kier molecular flexibility index (Phi) is 4.85. The Hall–Kier alpha value is -0.610. The standard InChI is InChI=1S/C15H28N2O2/c16-10-15(8-4-5-9-15)13(19)17-11-14(12-18)6-2-1-3-7-14/h18H,1-12,16H2,(H,17,19). The fourth-order valence-electron chi connectivity index (χ4n) is 3.72. The Morgan fingerprint density at radius 1 is 1.05 bits per heavy atom. The Morgan fingerprint density at radius 2 is 1.63 bits per heavy atom. The zero-order chi connectivity index (χ0) is 13.8. The predicted octanol–water partition coefficient (Wildman–Crippen LogP) is 1.56. The third-order valence-electron chi connectivity index (χ3n) is 5.31. The summed E-state index contributed by atoms with van der Waals surface area (Å²) in [6, 6.07) is 0. The minimum Gasteiger partial charge on any atom is -0.396 e. The number of aliphatic hydroxyl groups is 1. The molecule has 2 aliphatic rings. The van der Waals surface area contributed by atoms with Gasteiger partial charge in [0.25, 0.3) is 0 Å². The van der Waals surface area contributed by atoms with E-state index in [2.05, 4.69) is 5.32 Å². The number of aliphatic hydroxyl groups excluding tert-OH is 1. The second kappa shape index (κ2) is 6.23. The molecule has 4 N–H and O–H groups in total. The average molecular weight is 268 g/mol. The van der Waals surface area contributed by atoms with Crippen LogP contribution in [0.2, 0.25) is 0 Å². The number of nitrogens with two attached hydrogens (primary N) is 1. The van der Waals surface area contributed by atoms with Gasteiger partial charge in [-0.1, -0.05) is 32.1 Å². The summed E-state index contributed by atoms with van der Waals surface area (Å²) in [7, 11) is 0. The van der Waals surface area contributed by atoms with Gasteiger partial charge in [0.1, 0.15) is 0 Å². The highest BCUT2D eigenvalue weighted by atomic mass is 16.3. The highest BCUT2D eigenvalue weighted by molar-refractivity contribution is 5.83. The van der Waals surface area contributed by atoms with Crippen LogP contribution < -0.4 is 11.1 Å². The third-order valence-corrected chi connectivity index (χ3v) is 5.31. The van der Waals surface area contributed by atoms with E-state index in [1.807, 2.05) is 0 Å². The maximum atomic E-state index is 12.4. The van der Waals surface area contributed by atoms with Gasteiger partial charge >= 0.3 is 0 Å². The van der Waals surface area contributed by atoms with Crippen molar-refractivity contribution in [3.63, 3.8) is 0 Å². The molecule has 0 bridgehead atoms. The first kappa shape index (κ1) is 14.8. The number of carbonyl (C=O) groups is 1. The van der Waals surface area contributed by atoms with Gasteiger partial charge in [0.2, 0.25) is 5.91 Å². The molecular formula is C15H28N2O2. The summed E-state index contributed by atoms with van der Waals surface area (Å²) in [6.07, 6.45) is 9.69. The van der Waals surface area contributed by atoms with Crippen LogP contribution in [-0.2, 0) is 4.79 Å². The zero-order valence-corrected chi connectivity index (χ0v) is 11.9. The second-order valence-electron chi connectivity index (χ2n) is 6.59. The van der Waals surface area contributed by atoms with Crippen molar-refractivity contribution in [2.75, 3.05) is 19.7 Å². The largest absolute Gasteiger partial charge is 0.396 e. The van der Waals surface area contributed by atoms with E-state index in [4.69, 9.17) is 5.73 Å². The van der Waals surface area contributed by atoms with Gasteiger partial charge in [-0.15, -0.1) is 0 Å². The van der Waals surface area contributed by atoms with E-state index < -0.39 is 0 Å². The molecular weight excluding hydrogens is 240 g/mol. The van der Waals surface area contributed by atoms with Crippen LogP contribution in [0.15, 0.2) is 0 Å². The molecule has 1 amide bonds. The molecule has 110 valence electrons. The maximum Gasteiger partial charge on any atom is 0.227 e. The molecule has 2 saturated carbocycles. The van der Waals surface area contributed by atoms with E-state index in [1.54, 1.807) is 0 Å². The molecule has 0 aromatic heterocycles. The number of carbonyl (C=O) groups excluding carboxylic acids is 1. The van der Waals surface area contributed by atoms with Crippen LogP contribution in [0.3, 0.4) is 0 Å². The van der Waals surface area contributed by atoms with Crippen molar-refractivity contribution in [1.82, 2.24) is 5.32 Å². The quantitative estimate of drug-likeness (QED) is 0.708. The van der Waals surface area contributed by atoms with Gasteiger partial charge in [-0.2, -0.15) is 0 Å². The van der Waals surface area contributed by atoms with Gasteiger partial charge in [0.05, 0.1) is 12.0 Å². The molecule has 4 heteroatoms. The third kappa shape index (κ3) is 3.11. The summed E-state index contributed by atoms with van der Waals surface area (Å²) < 4.78 is 0. The number of nitrogens with one attached hydrogen (secondary N) is 1. The molecule has 19 heavy (non-hydrogen) atoms. The lowest BCUT2D eigenvalue weighted by atomic mass is 9.74. The first-order valence-electron chi connectivity index (χ1n) is 7.76. The molecule has 2 aliphatic carbocycles. The number of rotatable bonds is 5. The number of hydrogen-bond acceptors (Lipinski definition) is 3. The molecule has 0 unspecified atom stereocenters. The van der Waals surface area contributed by atoms with Crippen molar-refractivity contribution >= 4 is 5.91 Å². The van der Waals surface area contributed by atoms with Crippen molar-refractivity contribution in [2.45, 2.75) is 57.8 Å².